The average molecular weight is 340 g/mol. The van der Waals surface area contributed by atoms with Gasteiger partial charge < -0.3 is 16.0 Å². The Morgan fingerprint density at radius 1 is 1.14 bits per heavy atom. The SMILES string of the molecule is CN(C)C1CCCC(NC(=O)[C@@H]2CCC[C@@H]2CN)C1.Cl.Cl. The third-order valence-electron chi connectivity index (χ3n) is 5.02. The van der Waals surface area contributed by atoms with Gasteiger partial charge in [-0.2, -0.15) is 0 Å². The molecule has 0 aromatic heterocycles. The minimum absolute atomic E-state index is 0. The molecule has 6 heteroatoms. The van der Waals surface area contributed by atoms with Crippen LogP contribution in [0.4, 0.5) is 0 Å². The zero-order valence-electron chi connectivity index (χ0n) is 13.2. The number of nitrogens with two attached hydrogens (primary N) is 1. The Labute approximate surface area is 141 Å². The number of hydrogen-bond donors (Lipinski definition) is 2. The van der Waals surface area contributed by atoms with Crippen LogP contribution in [0.5, 0.6) is 0 Å². The Balaban J connectivity index is 0.00000200. The van der Waals surface area contributed by atoms with E-state index in [2.05, 4.69) is 24.3 Å². The summed E-state index contributed by atoms with van der Waals surface area (Å²) >= 11 is 0. The van der Waals surface area contributed by atoms with E-state index in [1.54, 1.807) is 0 Å². The molecular weight excluding hydrogens is 309 g/mol. The van der Waals surface area contributed by atoms with Crippen molar-refractivity contribution in [1.82, 2.24) is 10.2 Å². The molecule has 21 heavy (non-hydrogen) atoms. The Morgan fingerprint density at radius 2 is 1.81 bits per heavy atom. The smallest absolute Gasteiger partial charge is 0.223 e. The van der Waals surface area contributed by atoms with Gasteiger partial charge in [-0.25, -0.2) is 0 Å². The maximum Gasteiger partial charge on any atom is 0.223 e. The van der Waals surface area contributed by atoms with Crippen LogP contribution in [0.3, 0.4) is 0 Å². The van der Waals surface area contributed by atoms with Crippen molar-refractivity contribution in [1.29, 1.82) is 0 Å². The van der Waals surface area contributed by atoms with Gasteiger partial charge in [0, 0.05) is 18.0 Å². The van der Waals surface area contributed by atoms with E-state index in [1.807, 2.05) is 0 Å². The fraction of sp³-hybridized carbons (Fsp3) is 0.933. The number of hydrogen-bond acceptors (Lipinski definition) is 3. The second-order valence-electron chi connectivity index (χ2n) is 6.52. The van der Waals surface area contributed by atoms with E-state index >= 15 is 0 Å². The predicted molar refractivity (Wildman–Crippen MR) is 92.3 cm³/mol. The van der Waals surface area contributed by atoms with Crippen LogP contribution < -0.4 is 11.1 Å². The highest BCUT2D eigenvalue weighted by Crippen LogP contribution is 2.31. The molecule has 2 aliphatic carbocycles. The van der Waals surface area contributed by atoms with Gasteiger partial charge in [0.2, 0.25) is 5.91 Å². The third-order valence-corrected chi connectivity index (χ3v) is 5.02. The molecule has 4 atom stereocenters. The van der Waals surface area contributed by atoms with Crippen molar-refractivity contribution in [2.75, 3.05) is 20.6 Å². The van der Waals surface area contributed by atoms with Crippen molar-refractivity contribution < 1.29 is 4.79 Å². The number of halogens is 2. The predicted octanol–water partition coefficient (Wildman–Crippen LogP) is 2.19. The number of carbonyl (C=O) groups excluding carboxylic acids is 1. The lowest BCUT2D eigenvalue weighted by Crippen LogP contribution is -2.46. The second-order valence-corrected chi connectivity index (χ2v) is 6.52. The van der Waals surface area contributed by atoms with Gasteiger partial charge in [0.1, 0.15) is 0 Å². The number of carbonyl (C=O) groups is 1. The molecule has 2 rings (SSSR count). The highest BCUT2D eigenvalue weighted by molar-refractivity contribution is 5.85. The molecule has 4 nitrogen and oxygen atoms in total. The van der Waals surface area contributed by atoms with Gasteiger partial charge in [-0.3, -0.25) is 4.79 Å². The van der Waals surface area contributed by atoms with Crippen molar-refractivity contribution in [3.05, 3.63) is 0 Å². The van der Waals surface area contributed by atoms with E-state index in [4.69, 9.17) is 5.73 Å². The standard InChI is InChI=1S/C15H29N3O.2ClH/c1-18(2)13-7-4-6-12(9-13)17-15(19)14-8-3-5-11(14)10-16;;/h11-14H,3-10,16H2,1-2H3,(H,17,19);2*1H/t11-,12?,13?,14-;;/m1../s1. The molecule has 2 fully saturated rings. The fourth-order valence-corrected chi connectivity index (χ4v) is 3.74. The van der Waals surface area contributed by atoms with Crippen molar-refractivity contribution in [2.45, 2.75) is 57.0 Å². The number of nitrogens with one attached hydrogen (secondary N) is 1. The van der Waals surface area contributed by atoms with Gasteiger partial charge in [-0.05, 0) is 65.1 Å². The van der Waals surface area contributed by atoms with E-state index in [1.165, 1.54) is 12.8 Å². The van der Waals surface area contributed by atoms with Gasteiger partial charge in [0.05, 0.1) is 0 Å². The monoisotopic (exact) mass is 339 g/mol. The van der Waals surface area contributed by atoms with Crippen molar-refractivity contribution in [2.24, 2.45) is 17.6 Å². The van der Waals surface area contributed by atoms with Gasteiger partial charge in [-0.15, -0.1) is 24.8 Å². The Bertz CT molecular complexity index is 315. The van der Waals surface area contributed by atoms with Gasteiger partial charge in [0.25, 0.3) is 0 Å². The van der Waals surface area contributed by atoms with E-state index in [0.717, 1.165) is 32.1 Å². The molecule has 0 spiro atoms. The van der Waals surface area contributed by atoms with Gasteiger partial charge >= 0.3 is 0 Å². The lowest BCUT2D eigenvalue weighted by Gasteiger charge is -2.34. The molecule has 2 saturated carbocycles. The number of amides is 1. The topological polar surface area (TPSA) is 58.4 Å². The summed E-state index contributed by atoms with van der Waals surface area (Å²) in [5.41, 5.74) is 5.77. The van der Waals surface area contributed by atoms with Crippen LogP contribution in [0.2, 0.25) is 0 Å². The van der Waals surface area contributed by atoms with Crippen LogP contribution in [-0.2, 0) is 4.79 Å². The Hall–Kier alpha value is -0.0300. The van der Waals surface area contributed by atoms with Crippen LogP contribution in [-0.4, -0.2) is 43.5 Å². The molecule has 0 aromatic rings. The number of rotatable bonds is 4. The van der Waals surface area contributed by atoms with Crippen molar-refractivity contribution >= 4 is 30.7 Å². The molecule has 0 heterocycles. The van der Waals surface area contributed by atoms with E-state index < -0.39 is 0 Å². The summed E-state index contributed by atoms with van der Waals surface area (Å²) in [7, 11) is 4.27. The first-order valence-electron chi connectivity index (χ1n) is 7.78. The van der Waals surface area contributed by atoms with Crippen LogP contribution in [0.15, 0.2) is 0 Å². The molecule has 126 valence electrons. The summed E-state index contributed by atoms with van der Waals surface area (Å²) in [4.78, 5) is 14.7. The van der Waals surface area contributed by atoms with Crippen LogP contribution in [0.25, 0.3) is 0 Å². The molecule has 0 bridgehead atoms. The zero-order chi connectivity index (χ0) is 13.8. The van der Waals surface area contributed by atoms with Crippen molar-refractivity contribution in [3.8, 4) is 0 Å². The first-order valence-corrected chi connectivity index (χ1v) is 7.78. The molecular formula is C15H31Cl2N3O. The fourth-order valence-electron chi connectivity index (χ4n) is 3.74. The minimum Gasteiger partial charge on any atom is -0.353 e. The van der Waals surface area contributed by atoms with E-state index in [0.29, 0.717) is 24.5 Å². The van der Waals surface area contributed by atoms with Crippen molar-refractivity contribution in [3.63, 3.8) is 0 Å². The summed E-state index contributed by atoms with van der Waals surface area (Å²) in [6, 6.07) is 0.987. The molecule has 2 unspecified atom stereocenters. The summed E-state index contributed by atoms with van der Waals surface area (Å²) in [6.45, 7) is 0.656. The Kier molecular flexibility index (Phi) is 9.87. The normalized spacial score (nSPS) is 32.2. The highest BCUT2D eigenvalue weighted by Gasteiger charge is 2.33. The van der Waals surface area contributed by atoms with Crippen LogP contribution >= 0.6 is 24.8 Å². The average Bonchev–Trinajstić information content (AvgIpc) is 2.87. The lowest BCUT2D eigenvalue weighted by molar-refractivity contribution is -0.127. The molecule has 0 saturated heterocycles. The quantitative estimate of drug-likeness (QED) is 0.825. The Morgan fingerprint density at radius 3 is 2.43 bits per heavy atom. The first kappa shape index (κ1) is 21.0. The molecule has 0 radical (unpaired) electrons. The van der Waals surface area contributed by atoms with Gasteiger partial charge in [0.15, 0.2) is 0 Å². The zero-order valence-corrected chi connectivity index (χ0v) is 14.8. The maximum absolute atomic E-state index is 12.4. The maximum atomic E-state index is 12.4. The summed E-state index contributed by atoms with van der Waals surface area (Å²) in [6.07, 6.45) is 8.02. The second kappa shape index (κ2) is 9.88. The van der Waals surface area contributed by atoms with E-state index in [-0.39, 0.29) is 36.6 Å². The van der Waals surface area contributed by atoms with Crippen LogP contribution in [0, 0.1) is 11.8 Å². The summed E-state index contributed by atoms with van der Waals surface area (Å²) in [5.74, 6) is 0.843. The lowest BCUT2D eigenvalue weighted by atomic mass is 9.89. The van der Waals surface area contributed by atoms with Crippen LogP contribution in [0.1, 0.15) is 44.9 Å². The molecule has 0 aliphatic heterocycles. The number of nitrogens with zero attached hydrogens (tertiary/aromatic N) is 1. The largest absolute Gasteiger partial charge is 0.353 e. The summed E-state index contributed by atoms with van der Waals surface area (Å²) < 4.78 is 0. The first-order chi connectivity index (χ1) is 9.11. The molecule has 3 N–H and O–H groups in total. The molecule has 1 amide bonds. The van der Waals surface area contributed by atoms with Gasteiger partial charge in [-0.1, -0.05) is 6.42 Å². The molecule has 2 aliphatic rings. The molecule has 0 aromatic carbocycles. The summed E-state index contributed by atoms with van der Waals surface area (Å²) in [5, 5.41) is 3.29. The van der Waals surface area contributed by atoms with E-state index in [9.17, 15) is 4.79 Å². The minimum atomic E-state index is 0. The third kappa shape index (κ3) is 5.59. The highest BCUT2D eigenvalue weighted by atomic mass is 35.5.